The van der Waals surface area contributed by atoms with Gasteiger partial charge < -0.3 is 47.8 Å². The van der Waals surface area contributed by atoms with E-state index in [1.807, 2.05) is 60.7 Å². The first-order valence-electron chi connectivity index (χ1n) is 19.3. The molecule has 18 nitrogen and oxygen atoms in total. The van der Waals surface area contributed by atoms with E-state index < -0.39 is 23.9 Å². The van der Waals surface area contributed by atoms with Crippen LogP contribution in [0.25, 0.3) is 0 Å². The second-order valence-electron chi connectivity index (χ2n) is 13.0. The summed E-state index contributed by atoms with van der Waals surface area (Å²) in [5.41, 5.74) is 1.71. The van der Waals surface area contributed by atoms with Crippen LogP contribution >= 0.6 is 11.6 Å². The molecule has 0 amide bonds. The Bertz CT molecular complexity index is 2630. The molecule has 0 spiro atoms. The molecule has 66 heavy (non-hydrogen) atoms. The molecule has 1 N–H and O–H groups in total. The van der Waals surface area contributed by atoms with Gasteiger partial charge in [-0.2, -0.15) is 19.9 Å². The van der Waals surface area contributed by atoms with Crippen LogP contribution in [-0.4, -0.2) is 82.2 Å². The highest BCUT2D eigenvalue weighted by atomic mass is 35.5. The third kappa shape index (κ3) is 12.8. The lowest BCUT2D eigenvalue weighted by Gasteiger charge is -2.14. The average Bonchev–Trinajstić information content (AvgIpc) is 3.33. The number of hydrogen-bond donors (Lipinski definition) is 1. The predicted molar refractivity (Wildman–Crippen MR) is 234 cm³/mol. The van der Waals surface area contributed by atoms with E-state index in [2.05, 4.69) is 30.1 Å². The Hall–Kier alpha value is -8.58. The fraction of sp³-hybridized carbons (Fsp3) is 0.130. The number of carboxylic acid groups (broad SMARTS) is 1. The number of ether oxygens (including phenoxy) is 8. The van der Waals surface area contributed by atoms with Gasteiger partial charge in [-0.05, 0) is 49.4 Å². The first-order chi connectivity index (χ1) is 32.0. The standard InChI is InChI=1S/C32H27N5O8.C14H11ClFNO4/c1-39-24-18-25(40-2)34-31(33-24)43-22-16-11-17-23(44-32-35-26(41-3)19-27(36-32)42-4)28(22)30(38)45-37-29(20-12-7-5-8-13-20)21-14-9-6-10-15-21;1-8(14(18)19)20-10-2-4-11(5-3-10)21-13-12(16)6-9(15)7-17-13/h5-19H,1-4H3;2-8H,1H3,(H,18,19)/t;8-/m.1/s1. The van der Waals surface area contributed by atoms with Crippen molar-refractivity contribution >= 4 is 29.3 Å². The number of aliphatic carboxylic acids is 1. The van der Waals surface area contributed by atoms with Crippen LogP contribution in [0.3, 0.4) is 0 Å². The summed E-state index contributed by atoms with van der Waals surface area (Å²) in [4.78, 5) is 50.6. The monoisotopic (exact) mass is 920 g/mol. The molecule has 0 aliphatic heterocycles. The molecule has 338 valence electrons. The number of oxime groups is 1. The van der Waals surface area contributed by atoms with Gasteiger partial charge in [-0.1, -0.05) is 83.5 Å². The molecule has 1 atom stereocenters. The molecular weight excluding hydrogens is 883 g/mol. The van der Waals surface area contributed by atoms with Crippen LogP contribution in [0.5, 0.6) is 64.4 Å². The Balaban J connectivity index is 0.000000286. The summed E-state index contributed by atoms with van der Waals surface area (Å²) in [5, 5.41) is 13.2. The van der Waals surface area contributed by atoms with Crippen molar-refractivity contribution in [2.45, 2.75) is 13.0 Å². The van der Waals surface area contributed by atoms with Crippen molar-refractivity contribution in [3.8, 4) is 64.4 Å². The molecule has 0 saturated heterocycles. The number of benzene rings is 4. The van der Waals surface area contributed by atoms with Gasteiger partial charge in [-0.15, -0.1) is 0 Å². The second-order valence-corrected chi connectivity index (χ2v) is 13.4. The quantitative estimate of drug-likeness (QED) is 0.0512. The van der Waals surface area contributed by atoms with Crippen molar-refractivity contribution < 1.29 is 61.8 Å². The van der Waals surface area contributed by atoms with Crippen LogP contribution < -0.4 is 37.9 Å². The summed E-state index contributed by atoms with van der Waals surface area (Å²) in [6, 6.07) is 32.9. The zero-order chi connectivity index (χ0) is 47.0. The van der Waals surface area contributed by atoms with Gasteiger partial charge in [-0.3, -0.25) is 0 Å². The van der Waals surface area contributed by atoms with E-state index in [-0.39, 0.29) is 63.5 Å². The number of carbonyl (C=O) groups is 2. The fourth-order valence-corrected chi connectivity index (χ4v) is 5.53. The van der Waals surface area contributed by atoms with E-state index in [0.717, 1.165) is 17.2 Å². The number of carbonyl (C=O) groups excluding carboxylic acids is 1. The lowest BCUT2D eigenvalue weighted by molar-refractivity contribution is -0.144. The predicted octanol–water partition coefficient (Wildman–Crippen LogP) is 9.01. The minimum atomic E-state index is -1.07. The summed E-state index contributed by atoms with van der Waals surface area (Å²) in [6.45, 7) is 1.42. The van der Waals surface area contributed by atoms with Gasteiger partial charge in [0.25, 0.3) is 5.88 Å². The van der Waals surface area contributed by atoms with Crippen LogP contribution in [0.1, 0.15) is 28.4 Å². The SMILES string of the molecule is COc1cc(OC)nc(Oc2cccc(Oc3nc(OC)cc(OC)n3)c2C(=O)ON=C(c2ccccc2)c2ccccc2)n1.C[C@@H](Oc1ccc(Oc2ncc(Cl)cc2F)cc1)C(=O)O. The molecule has 0 bridgehead atoms. The number of carboxylic acids is 1. The number of methoxy groups -OCH3 is 4. The van der Waals surface area contributed by atoms with Gasteiger partial charge in [0, 0.05) is 17.3 Å². The van der Waals surface area contributed by atoms with Gasteiger partial charge in [-0.25, -0.2) is 19.0 Å². The van der Waals surface area contributed by atoms with Gasteiger partial charge in [0.2, 0.25) is 23.5 Å². The molecule has 7 aromatic rings. The molecule has 0 aliphatic carbocycles. The highest BCUT2D eigenvalue weighted by Crippen LogP contribution is 2.36. The van der Waals surface area contributed by atoms with Crippen LogP contribution in [0.4, 0.5) is 4.39 Å². The lowest BCUT2D eigenvalue weighted by Crippen LogP contribution is -2.22. The van der Waals surface area contributed by atoms with E-state index in [9.17, 15) is 14.0 Å². The summed E-state index contributed by atoms with van der Waals surface area (Å²) < 4.78 is 56.7. The summed E-state index contributed by atoms with van der Waals surface area (Å²) >= 11 is 5.59. The molecule has 0 unspecified atom stereocenters. The van der Waals surface area contributed by atoms with E-state index in [0.29, 0.717) is 17.2 Å². The first-order valence-corrected chi connectivity index (χ1v) is 19.7. The van der Waals surface area contributed by atoms with Crippen LogP contribution in [0.2, 0.25) is 5.02 Å². The molecule has 7 rings (SSSR count). The number of nitrogens with zero attached hydrogens (tertiary/aromatic N) is 6. The number of aromatic nitrogens is 5. The minimum Gasteiger partial charge on any atom is -0.481 e. The van der Waals surface area contributed by atoms with Crippen molar-refractivity contribution in [2.24, 2.45) is 5.16 Å². The van der Waals surface area contributed by atoms with Crippen LogP contribution in [0.15, 0.2) is 133 Å². The van der Waals surface area contributed by atoms with Gasteiger partial charge in [0.05, 0.1) is 45.6 Å². The zero-order valence-corrected chi connectivity index (χ0v) is 36.3. The maximum atomic E-state index is 13.9. The molecular formula is C46H38ClFN6O12. The number of hydrogen-bond acceptors (Lipinski definition) is 17. The minimum absolute atomic E-state index is 0.0289. The molecule has 0 radical (unpaired) electrons. The van der Waals surface area contributed by atoms with Crippen molar-refractivity contribution in [3.63, 3.8) is 0 Å². The molecule has 0 saturated carbocycles. The Morgan fingerprint density at radius 1 is 0.636 bits per heavy atom. The van der Waals surface area contributed by atoms with Crippen molar-refractivity contribution in [1.29, 1.82) is 0 Å². The number of halogens is 2. The van der Waals surface area contributed by atoms with Gasteiger partial charge in [0.15, 0.2) is 11.9 Å². The first kappa shape index (κ1) is 46.9. The van der Waals surface area contributed by atoms with Crippen LogP contribution in [-0.2, 0) is 9.63 Å². The Kier molecular flexibility index (Phi) is 16.1. The molecule has 4 aromatic carbocycles. The summed E-state index contributed by atoms with van der Waals surface area (Å²) in [5.74, 6) is -1.55. The molecule has 3 aromatic heterocycles. The smallest absolute Gasteiger partial charge is 0.373 e. The van der Waals surface area contributed by atoms with Crippen molar-refractivity contribution in [1.82, 2.24) is 24.9 Å². The highest BCUT2D eigenvalue weighted by molar-refractivity contribution is 6.30. The average molecular weight is 921 g/mol. The lowest BCUT2D eigenvalue weighted by atomic mass is 10.0. The largest absolute Gasteiger partial charge is 0.481 e. The van der Waals surface area contributed by atoms with Gasteiger partial charge in [0.1, 0.15) is 34.3 Å². The van der Waals surface area contributed by atoms with Gasteiger partial charge >= 0.3 is 24.0 Å². The van der Waals surface area contributed by atoms with E-state index in [4.69, 9.17) is 59.4 Å². The molecule has 0 aliphatic rings. The molecule has 20 heteroatoms. The van der Waals surface area contributed by atoms with E-state index >= 15 is 0 Å². The normalized spacial score (nSPS) is 10.8. The zero-order valence-electron chi connectivity index (χ0n) is 35.6. The Morgan fingerprint density at radius 2 is 1.11 bits per heavy atom. The highest BCUT2D eigenvalue weighted by Gasteiger charge is 2.25. The van der Waals surface area contributed by atoms with E-state index in [1.165, 1.54) is 90.1 Å². The third-order valence-corrected chi connectivity index (χ3v) is 8.74. The Morgan fingerprint density at radius 3 is 1.55 bits per heavy atom. The summed E-state index contributed by atoms with van der Waals surface area (Å²) in [6.07, 6.45) is 0.304. The van der Waals surface area contributed by atoms with E-state index in [1.54, 1.807) is 6.07 Å². The topological polar surface area (TPSA) is 214 Å². The summed E-state index contributed by atoms with van der Waals surface area (Å²) in [7, 11) is 5.72. The third-order valence-electron chi connectivity index (χ3n) is 8.54. The number of pyridine rings is 1. The maximum absolute atomic E-state index is 13.9. The second kappa shape index (κ2) is 22.7. The molecule has 0 fully saturated rings. The number of rotatable bonds is 17. The molecule has 3 heterocycles. The van der Waals surface area contributed by atoms with Crippen LogP contribution in [0, 0.1) is 5.82 Å². The maximum Gasteiger partial charge on any atom is 0.373 e. The van der Waals surface area contributed by atoms with Crippen molar-refractivity contribution in [2.75, 3.05) is 28.4 Å². The fourth-order valence-electron chi connectivity index (χ4n) is 5.38. The van der Waals surface area contributed by atoms with Crippen molar-refractivity contribution in [3.05, 3.63) is 155 Å². The Labute approximate surface area is 381 Å².